The Balaban J connectivity index is 2.00. The van der Waals surface area contributed by atoms with Crippen molar-refractivity contribution in [2.45, 2.75) is 39.2 Å². The Morgan fingerprint density at radius 2 is 1.90 bits per heavy atom. The Morgan fingerprint density at radius 1 is 1.13 bits per heavy atom. The standard InChI is InChI=1S/C22H31N3O5/c1-4-29-17-10-9-15(13-18(17)28-3)20-19(21(26)30-5-2)16(23-22(27)24-20)14-25-11-7-6-8-12-25/h9-10,13,20H,4-8,11-12,14H2,1-3H3,(H2,23,24,27). The van der Waals surface area contributed by atoms with Crippen LogP contribution in [0.1, 0.15) is 44.7 Å². The Labute approximate surface area is 177 Å². The molecule has 2 amide bonds. The maximum atomic E-state index is 12.9. The number of piperidine rings is 1. The van der Waals surface area contributed by atoms with Crippen molar-refractivity contribution in [3.8, 4) is 11.5 Å². The molecule has 8 nitrogen and oxygen atoms in total. The molecule has 30 heavy (non-hydrogen) atoms. The van der Waals surface area contributed by atoms with Gasteiger partial charge in [0.1, 0.15) is 0 Å². The highest BCUT2D eigenvalue weighted by Crippen LogP contribution is 2.35. The van der Waals surface area contributed by atoms with E-state index < -0.39 is 12.0 Å². The number of hydrogen-bond donors (Lipinski definition) is 2. The maximum absolute atomic E-state index is 12.9. The molecular weight excluding hydrogens is 386 g/mol. The first-order valence-electron chi connectivity index (χ1n) is 10.6. The van der Waals surface area contributed by atoms with E-state index in [2.05, 4.69) is 15.5 Å². The summed E-state index contributed by atoms with van der Waals surface area (Å²) in [6.07, 6.45) is 3.45. The lowest BCUT2D eigenvalue weighted by atomic mass is 9.94. The molecular formula is C22H31N3O5. The zero-order chi connectivity index (χ0) is 21.5. The van der Waals surface area contributed by atoms with Gasteiger partial charge in [0, 0.05) is 12.2 Å². The van der Waals surface area contributed by atoms with Gasteiger partial charge in [0.2, 0.25) is 0 Å². The predicted octanol–water partition coefficient (Wildman–Crippen LogP) is 2.75. The van der Waals surface area contributed by atoms with Gasteiger partial charge in [0.15, 0.2) is 11.5 Å². The maximum Gasteiger partial charge on any atom is 0.338 e. The van der Waals surface area contributed by atoms with Crippen LogP contribution in [0.15, 0.2) is 29.5 Å². The Hall–Kier alpha value is -2.74. The third kappa shape index (κ3) is 5.05. The summed E-state index contributed by atoms with van der Waals surface area (Å²) in [6.45, 7) is 6.84. The number of amides is 2. The largest absolute Gasteiger partial charge is 0.493 e. The summed E-state index contributed by atoms with van der Waals surface area (Å²) in [7, 11) is 1.56. The highest BCUT2D eigenvalue weighted by molar-refractivity contribution is 5.95. The number of esters is 1. The van der Waals surface area contributed by atoms with E-state index in [9.17, 15) is 9.59 Å². The molecule has 0 aromatic heterocycles. The Bertz CT molecular complexity index is 802. The number of benzene rings is 1. The first-order valence-corrected chi connectivity index (χ1v) is 10.6. The van der Waals surface area contributed by atoms with Crippen LogP contribution in [0.2, 0.25) is 0 Å². The minimum atomic E-state index is -0.637. The monoisotopic (exact) mass is 417 g/mol. The topological polar surface area (TPSA) is 89.1 Å². The molecule has 1 fully saturated rings. The highest BCUT2D eigenvalue weighted by atomic mass is 16.5. The predicted molar refractivity (Wildman–Crippen MR) is 113 cm³/mol. The van der Waals surface area contributed by atoms with E-state index in [1.165, 1.54) is 6.42 Å². The number of urea groups is 1. The summed E-state index contributed by atoms with van der Waals surface area (Å²) in [6, 6.07) is 4.44. The van der Waals surface area contributed by atoms with E-state index in [4.69, 9.17) is 14.2 Å². The molecule has 2 heterocycles. The zero-order valence-corrected chi connectivity index (χ0v) is 18.0. The second-order valence-electron chi connectivity index (χ2n) is 7.32. The second-order valence-corrected chi connectivity index (χ2v) is 7.32. The quantitative estimate of drug-likeness (QED) is 0.633. The lowest BCUT2D eigenvalue weighted by Gasteiger charge is -2.33. The third-order valence-electron chi connectivity index (χ3n) is 5.30. The number of carbonyl (C=O) groups excluding carboxylic acids is 2. The number of nitrogens with zero attached hydrogens (tertiary/aromatic N) is 1. The molecule has 0 saturated carbocycles. The smallest absolute Gasteiger partial charge is 0.338 e. The molecule has 8 heteroatoms. The van der Waals surface area contributed by atoms with Crippen LogP contribution in [0, 0.1) is 0 Å². The molecule has 1 unspecified atom stereocenters. The molecule has 0 bridgehead atoms. The number of methoxy groups -OCH3 is 1. The second kappa shape index (κ2) is 10.3. The van der Waals surface area contributed by atoms with Crippen molar-refractivity contribution < 1.29 is 23.8 Å². The molecule has 1 saturated heterocycles. The number of rotatable bonds is 8. The zero-order valence-electron chi connectivity index (χ0n) is 18.0. The van der Waals surface area contributed by atoms with Crippen LogP contribution < -0.4 is 20.1 Å². The van der Waals surface area contributed by atoms with Gasteiger partial charge in [-0.1, -0.05) is 12.5 Å². The third-order valence-corrected chi connectivity index (χ3v) is 5.30. The van der Waals surface area contributed by atoms with E-state index in [1.807, 2.05) is 13.0 Å². The summed E-state index contributed by atoms with van der Waals surface area (Å²) in [5.41, 5.74) is 1.74. The van der Waals surface area contributed by atoms with Crippen LogP contribution in [0.25, 0.3) is 0 Å². The van der Waals surface area contributed by atoms with E-state index in [-0.39, 0.29) is 12.6 Å². The van der Waals surface area contributed by atoms with Gasteiger partial charge in [0.25, 0.3) is 0 Å². The van der Waals surface area contributed by atoms with E-state index >= 15 is 0 Å². The van der Waals surface area contributed by atoms with Crippen LogP contribution >= 0.6 is 0 Å². The normalized spacial score (nSPS) is 19.7. The van der Waals surface area contributed by atoms with Gasteiger partial charge >= 0.3 is 12.0 Å². The molecule has 3 rings (SSSR count). The Morgan fingerprint density at radius 3 is 2.57 bits per heavy atom. The molecule has 0 aliphatic carbocycles. The Kier molecular flexibility index (Phi) is 7.57. The van der Waals surface area contributed by atoms with E-state index in [0.29, 0.717) is 35.9 Å². The van der Waals surface area contributed by atoms with E-state index in [1.54, 1.807) is 26.2 Å². The van der Waals surface area contributed by atoms with Gasteiger partial charge < -0.3 is 24.8 Å². The molecule has 1 aromatic rings. The van der Waals surface area contributed by atoms with Crippen LogP contribution in [0.5, 0.6) is 11.5 Å². The van der Waals surface area contributed by atoms with Crippen molar-refractivity contribution in [3.63, 3.8) is 0 Å². The summed E-state index contributed by atoms with van der Waals surface area (Å²) in [5.74, 6) is 0.719. The number of likely N-dealkylation sites (tertiary alicyclic amines) is 1. The molecule has 1 atom stereocenters. The summed E-state index contributed by atoms with van der Waals surface area (Å²) in [5, 5.41) is 5.71. The fraction of sp³-hybridized carbons (Fsp3) is 0.545. The highest BCUT2D eigenvalue weighted by Gasteiger charge is 2.35. The molecule has 2 aliphatic heterocycles. The SMILES string of the molecule is CCOC(=O)C1=C(CN2CCCCC2)NC(=O)NC1c1ccc(OCC)c(OC)c1. The van der Waals surface area contributed by atoms with Gasteiger partial charge in [-0.3, -0.25) is 4.90 Å². The van der Waals surface area contributed by atoms with Crippen LogP contribution in [-0.2, 0) is 9.53 Å². The average Bonchev–Trinajstić information content (AvgIpc) is 2.74. The molecule has 0 spiro atoms. The van der Waals surface area contributed by atoms with Crippen molar-refractivity contribution in [2.75, 3.05) is 40.0 Å². The average molecular weight is 418 g/mol. The molecule has 2 N–H and O–H groups in total. The fourth-order valence-corrected chi connectivity index (χ4v) is 3.92. The molecule has 0 radical (unpaired) electrons. The van der Waals surface area contributed by atoms with Gasteiger partial charge in [-0.2, -0.15) is 0 Å². The number of nitrogens with one attached hydrogen (secondary N) is 2. The van der Waals surface area contributed by atoms with Crippen LogP contribution in [-0.4, -0.2) is 56.9 Å². The number of ether oxygens (including phenoxy) is 3. The van der Waals surface area contributed by atoms with Gasteiger partial charge in [-0.25, -0.2) is 9.59 Å². The lowest BCUT2D eigenvalue weighted by Crippen LogP contribution is -2.49. The summed E-state index contributed by atoms with van der Waals surface area (Å²) < 4.78 is 16.4. The first-order chi connectivity index (χ1) is 14.6. The van der Waals surface area contributed by atoms with Crippen molar-refractivity contribution in [1.29, 1.82) is 0 Å². The van der Waals surface area contributed by atoms with Crippen molar-refractivity contribution in [3.05, 3.63) is 35.0 Å². The van der Waals surface area contributed by atoms with E-state index in [0.717, 1.165) is 31.5 Å². The lowest BCUT2D eigenvalue weighted by molar-refractivity contribution is -0.139. The summed E-state index contributed by atoms with van der Waals surface area (Å²) in [4.78, 5) is 27.6. The van der Waals surface area contributed by atoms with Crippen molar-refractivity contribution in [1.82, 2.24) is 15.5 Å². The molecule has 2 aliphatic rings. The minimum absolute atomic E-state index is 0.257. The molecule has 164 valence electrons. The minimum Gasteiger partial charge on any atom is -0.493 e. The van der Waals surface area contributed by atoms with Gasteiger partial charge in [-0.15, -0.1) is 0 Å². The van der Waals surface area contributed by atoms with Crippen LogP contribution in [0.3, 0.4) is 0 Å². The number of hydrogen-bond acceptors (Lipinski definition) is 6. The van der Waals surface area contributed by atoms with Crippen LogP contribution in [0.4, 0.5) is 4.79 Å². The van der Waals surface area contributed by atoms with Gasteiger partial charge in [0.05, 0.1) is 31.9 Å². The first kappa shape index (κ1) is 22.0. The van der Waals surface area contributed by atoms with Gasteiger partial charge in [-0.05, 0) is 57.5 Å². The van der Waals surface area contributed by atoms with Crippen molar-refractivity contribution >= 4 is 12.0 Å². The van der Waals surface area contributed by atoms with Crippen molar-refractivity contribution in [2.24, 2.45) is 0 Å². The molecule has 1 aromatic carbocycles. The summed E-state index contributed by atoms with van der Waals surface area (Å²) >= 11 is 0. The number of carbonyl (C=O) groups is 2. The fourth-order valence-electron chi connectivity index (χ4n) is 3.92.